The number of hydrogen-bond acceptors (Lipinski definition) is 4. The first kappa shape index (κ1) is 11.0. The van der Waals surface area contributed by atoms with E-state index in [0.717, 1.165) is 24.4 Å². The number of hydrogen-bond donors (Lipinski definition) is 1. The summed E-state index contributed by atoms with van der Waals surface area (Å²) in [5.41, 5.74) is 1.06. The molecule has 1 aromatic carbocycles. The maximum Gasteiger partial charge on any atom is 0.222 e. The first-order chi connectivity index (χ1) is 8.92. The third kappa shape index (κ3) is 2.43. The van der Waals surface area contributed by atoms with Crippen molar-refractivity contribution in [1.29, 1.82) is 0 Å². The van der Waals surface area contributed by atoms with Crippen LogP contribution in [-0.2, 0) is 6.54 Å². The molecule has 1 aliphatic heterocycles. The summed E-state index contributed by atoms with van der Waals surface area (Å²) in [6.45, 7) is 2.26. The van der Waals surface area contributed by atoms with Gasteiger partial charge in [0.1, 0.15) is 12.4 Å². The summed E-state index contributed by atoms with van der Waals surface area (Å²) >= 11 is 0. The number of rotatable bonds is 2. The predicted molar refractivity (Wildman–Crippen MR) is 68.0 cm³/mol. The molecular formula is C14H14N2O2. The van der Waals surface area contributed by atoms with Gasteiger partial charge in [-0.15, -0.1) is 0 Å². The van der Waals surface area contributed by atoms with Gasteiger partial charge in [-0.05, 0) is 18.2 Å². The number of aromatic nitrogens is 1. The lowest BCUT2D eigenvalue weighted by Gasteiger charge is -2.08. The monoisotopic (exact) mass is 242 g/mol. The Bertz CT molecular complexity index is 529. The maximum absolute atomic E-state index is 5.67. The van der Waals surface area contributed by atoms with Crippen LogP contribution >= 0.6 is 0 Å². The number of nitrogens with one attached hydrogen (secondary N) is 1. The molecule has 0 spiro atoms. The van der Waals surface area contributed by atoms with Crippen molar-refractivity contribution in [3.63, 3.8) is 0 Å². The molecule has 2 heterocycles. The van der Waals surface area contributed by atoms with E-state index in [1.807, 2.05) is 42.5 Å². The fraction of sp³-hybridized carbons (Fsp3) is 0.214. The Hall–Kier alpha value is -2.07. The summed E-state index contributed by atoms with van der Waals surface area (Å²) in [5, 5.41) is 3.27. The minimum atomic E-state index is 0.557. The Morgan fingerprint density at radius 1 is 1.11 bits per heavy atom. The second-order valence-electron chi connectivity index (χ2n) is 4.05. The summed E-state index contributed by atoms with van der Waals surface area (Å²) in [5.74, 6) is 1.99. The van der Waals surface area contributed by atoms with Crippen molar-refractivity contribution in [2.75, 3.05) is 13.2 Å². The van der Waals surface area contributed by atoms with Crippen LogP contribution < -0.4 is 14.8 Å². The molecule has 0 atom stereocenters. The maximum atomic E-state index is 5.67. The Labute approximate surface area is 106 Å². The normalized spacial score (nSPS) is 14.2. The first-order valence-corrected chi connectivity index (χ1v) is 5.98. The largest absolute Gasteiger partial charge is 0.476 e. The van der Waals surface area contributed by atoms with E-state index in [1.54, 1.807) is 0 Å². The minimum Gasteiger partial charge on any atom is -0.476 e. The van der Waals surface area contributed by atoms with E-state index >= 15 is 0 Å². The lowest BCUT2D eigenvalue weighted by molar-refractivity contribution is 0.309. The van der Waals surface area contributed by atoms with Gasteiger partial charge in [0.2, 0.25) is 11.8 Å². The van der Waals surface area contributed by atoms with Crippen molar-refractivity contribution in [3.05, 3.63) is 48.0 Å². The third-order valence-corrected chi connectivity index (χ3v) is 2.71. The predicted octanol–water partition coefficient (Wildman–Crippen LogP) is 2.36. The number of para-hydroxylation sites is 1. The molecule has 18 heavy (non-hydrogen) atoms. The highest BCUT2D eigenvalue weighted by atomic mass is 16.5. The third-order valence-electron chi connectivity index (χ3n) is 2.71. The van der Waals surface area contributed by atoms with Gasteiger partial charge in [0.15, 0.2) is 0 Å². The summed E-state index contributed by atoms with van der Waals surface area (Å²) in [6, 6.07) is 13.5. The van der Waals surface area contributed by atoms with Crippen LogP contribution in [0, 0.1) is 0 Å². The number of benzene rings is 1. The zero-order chi connectivity index (χ0) is 12.2. The molecule has 0 aliphatic carbocycles. The van der Waals surface area contributed by atoms with Crippen molar-refractivity contribution in [2.45, 2.75) is 6.54 Å². The van der Waals surface area contributed by atoms with Crippen LogP contribution in [0.3, 0.4) is 0 Å². The van der Waals surface area contributed by atoms with Crippen LogP contribution in [0.25, 0.3) is 0 Å². The Morgan fingerprint density at radius 2 is 2.00 bits per heavy atom. The van der Waals surface area contributed by atoms with E-state index in [0.29, 0.717) is 18.4 Å². The Balaban J connectivity index is 1.83. The molecule has 0 radical (unpaired) electrons. The zero-order valence-electron chi connectivity index (χ0n) is 9.93. The Kier molecular flexibility index (Phi) is 3.10. The molecule has 1 aliphatic rings. The van der Waals surface area contributed by atoms with Gasteiger partial charge in [-0.1, -0.05) is 18.2 Å². The van der Waals surface area contributed by atoms with Gasteiger partial charge >= 0.3 is 0 Å². The highest BCUT2D eigenvalue weighted by Crippen LogP contribution is 2.25. The topological polar surface area (TPSA) is 43.4 Å². The van der Waals surface area contributed by atoms with Gasteiger partial charge in [0.25, 0.3) is 0 Å². The molecule has 1 N–H and O–H groups in total. The summed E-state index contributed by atoms with van der Waals surface area (Å²) in [6.07, 6.45) is 0. The van der Waals surface area contributed by atoms with Gasteiger partial charge in [0.05, 0.1) is 0 Å². The van der Waals surface area contributed by atoms with Crippen LogP contribution in [-0.4, -0.2) is 18.1 Å². The van der Waals surface area contributed by atoms with E-state index in [9.17, 15) is 0 Å². The van der Waals surface area contributed by atoms with Crippen LogP contribution in [0.4, 0.5) is 0 Å². The summed E-state index contributed by atoms with van der Waals surface area (Å²) in [4.78, 5) is 4.38. The van der Waals surface area contributed by atoms with Crippen molar-refractivity contribution in [3.8, 4) is 17.5 Å². The van der Waals surface area contributed by atoms with Crippen molar-refractivity contribution in [2.24, 2.45) is 0 Å². The summed E-state index contributed by atoms with van der Waals surface area (Å²) < 4.78 is 11.2. The fourth-order valence-corrected chi connectivity index (χ4v) is 1.82. The van der Waals surface area contributed by atoms with Crippen molar-refractivity contribution < 1.29 is 9.47 Å². The van der Waals surface area contributed by atoms with Gasteiger partial charge in [-0.3, -0.25) is 0 Å². The molecule has 0 amide bonds. The first-order valence-electron chi connectivity index (χ1n) is 5.98. The van der Waals surface area contributed by atoms with Crippen molar-refractivity contribution in [1.82, 2.24) is 10.3 Å². The van der Waals surface area contributed by atoms with E-state index in [1.165, 1.54) is 0 Å². The zero-order valence-corrected chi connectivity index (χ0v) is 9.93. The van der Waals surface area contributed by atoms with Gasteiger partial charge in [-0.25, -0.2) is 0 Å². The molecular weight excluding hydrogens is 228 g/mol. The Morgan fingerprint density at radius 3 is 2.89 bits per heavy atom. The molecule has 3 rings (SSSR count). The molecule has 0 bridgehead atoms. The fourth-order valence-electron chi connectivity index (χ4n) is 1.82. The van der Waals surface area contributed by atoms with Gasteiger partial charge in [-0.2, -0.15) is 4.98 Å². The average Bonchev–Trinajstić information content (AvgIpc) is 2.64. The SMILES string of the molecule is c1ccc(Oc2ccc3c(n2)OCCNC3)cc1. The van der Waals surface area contributed by atoms with Gasteiger partial charge in [0, 0.05) is 24.7 Å². The molecule has 0 saturated carbocycles. The van der Waals surface area contributed by atoms with E-state index < -0.39 is 0 Å². The van der Waals surface area contributed by atoms with Crippen LogP contribution in [0.2, 0.25) is 0 Å². The number of fused-ring (bicyclic) bond motifs is 1. The lowest BCUT2D eigenvalue weighted by Crippen LogP contribution is -2.16. The number of pyridine rings is 1. The molecule has 2 aromatic rings. The summed E-state index contributed by atoms with van der Waals surface area (Å²) in [7, 11) is 0. The molecule has 4 nitrogen and oxygen atoms in total. The smallest absolute Gasteiger partial charge is 0.222 e. The van der Waals surface area contributed by atoms with Crippen LogP contribution in [0.1, 0.15) is 5.56 Å². The second-order valence-corrected chi connectivity index (χ2v) is 4.05. The molecule has 4 heteroatoms. The standard InChI is InChI=1S/C14H14N2O2/c1-2-4-12(5-3-1)18-13-7-6-11-10-15-8-9-17-14(11)16-13/h1-7,15H,8-10H2. The van der Waals surface area contributed by atoms with E-state index in [-0.39, 0.29) is 0 Å². The van der Waals surface area contributed by atoms with Crippen LogP contribution in [0.15, 0.2) is 42.5 Å². The quantitative estimate of drug-likeness (QED) is 0.878. The minimum absolute atomic E-state index is 0.557. The second kappa shape index (κ2) is 5.06. The molecule has 92 valence electrons. The van der Waals surface area contributed by atoms with E-state index in [4.69, 9.17) is 9.47 Å². The van der Waals surface area contributed by atoms with Crippen LogP contribution in [0.5, 0.6) is 17.5 Å². The highest BCUT2D eigenvalue weighted by Gasteiger charge is 2.11. The van der Waals surface area contributed by atoms with Crippen molar-refractivity contribution >= 4 is 0 Å². The lowest BCUT2D eigenvalue weighted by atomic mass is 10.2. The molecule has 1 aromatic heterocycles. The van der Waals surface area contributed by atoms with E-state index in [2.05, 4.69) is 10.3 Å². The molecule has 0 fully saturated rings. The molecule has 0 saturated heterocycles. The van der Waals surface area contributed by atoms with Gasteiger partial charge < -0.3 is 14.8 Å². The molecule has 0 unspecified atom stereocenters. The average molecular weight is 242 g/mol. The highest BCUT2D eigenvalue weighted by molar-refractivity contribution is 5.34. The number of nitrogens with zero attached hydrogens (tertiary/aromatic N) is 1. The number of ether oxygens (including phenoxy) is 2.